The first kappa shape index (κ1) is 22.5. The van der Waals surface area contributed by atoms with Crippen molar-refractivity contribution < 1.29 is 18.8 Å². The van der Waals surface area contributed by atoms with Gasteiger partial charge in [-0.15, -0.1) is 0 Å². The number of nitrogens with zero attached hydrogens (tertiary/aromatic N) is 1. The number of rotatable bonds is 8. The monoisotopic (exact) mass is 425 g/mol. The zero-order valence-electron chi connectivity index (χ0n) is 18.0. The molecule has 2 atom stereocenters. The van der Waals surface area contributed by atoms with Crippen LogP contribution in [-0.2, 0) is 15.1 Å². The van der Waals surface area contributed by atoms with Gasteiger partial charge in [0.25, 0.3) is 5.91 Å². The Hall–Kier alpha value is -3.22. The Bertz CT molecular complexity index is 946. The lowest BCUT2D eigenvalue weighted by Crippen LogP contribution is -2.45. The maximum Gasteiger partial charge on any atom is 0.325 e. The molecule has 0 bridgehead atoms. The Morgan fingerprint density at radius 3 is 2.32 bits per heavy atom. The summed E-state index contributed by atoms with van der Waals surface area (Å²) in [6.07, 6.45) is 1.01. The van der Waals surface area contributed by atoms with Gasteiger partial charge in [0, 0.05) is 0 Å². The van der Waals surface area contributed by atoms with Gasteiger partial charge < -0.3 is 10.6 Å². The van der Waals surface area contributed by atoms with E-state index in [4.69, 9.17) is 0 Å². The number of benzene rings is 2. The summed E-state index contributed by atoms with van der Waals surface area (Å²) >= 11 is 0. The summed E-state index contributed by atoms with van der Waals surface area (Å²) < 4.78 is 13.3. The molecule has 1 heterocycles. The molecule has 0 spiro atoms. The number of urea groups is 1. The van der Waals surface area contributed by atoms with Crippen LogP contribution in [0.25, 0.3) is 0 Å². The quantitative estimate of drug-likeness (QED) is 0.630. The van der Waals surface area contributed by atoms with E-state index in [9.17, 15) is 18.8 Å². The van der Waals surface area contributed by atoms with E-state index in [1.807, 2.05) is 30.3 Å². The number of nitrogens with one attached hydrogen (secondary N) is 2. The molecule has 0 aromatic heterocycles. The lowest BCUT2D eigenvalue weighted by atomic mass is 9.87. The molecule has 0 unspecified atom stereocenters. The van der Waals surface area contributed by atoms with Gasteiger partial charge in [0.2, 0.25) is 5.91 Å². The number of hydrogen-bond donors (Lipinski definition) is 2. The van der Waals surface area contributed by atoms with Gasteiger partial charge in [-0.05, 0) is 42.0 Å². The van der Waals surface area contributed by atoms with Gasteiger partial charge in [-0.3, -0.25) is 14.5 Å². The van der Waals surface area contributed by atoms with Crippen LogP contribution in [0.1, 0.15) is 50.8 Å². The van der Waals surface area contributed by atoms with Gasteiger partial charge in [0.1, 0.15) is 17.9 Å². The fourth-order valence-electron chi connectivity index (χ4n) is 3.96. The molecule has 2 N–H and O–H groups in total. The summed E-state index contributed by atoms with van der Waals surface area (Å²) in [5.41, 5.74) is 0.151. The molecule has 4 amide bonds. The molecule has 7 heteroatoms. The van der Waals surface area contributed by atoms with Gasteiger partial charge in [-0.25, -0.2) is 9.18 Å². The molecular weight excluding hydrogens is 397 g/mol. The van der Waals surface area contributed by atoms with Gasteiger partial charge in [0.15, 0.2) is 0 Å². The fourth-order valence-corrected chi connectivity index (χ4v) is 3.96. The van der Waals surface area contributed by atoms with E-state index >= 15 is 0 Å². The molecule has 1 aliphatic rings. The molecule has 2 aromatic rings. The van der Waals surface area contributed by atoms with E-state index < -0.39 is 29.2 Å². The van der Waals surface area contributed by atoms with Crippen molar-refractivity contribution in [3.63, 3.8) is 0 Å². The molecule has 1 fully saturated rings. The zero-order valence-corrected chi connectivity index (χ0v) is 18.0. The molecule has 31 heavy (non-hydrogen) atoms. The van der Waals surface area contributed by atoms with E-state index in [0.717, 1.165) is 16.9 Å². The lowest BCUT2D eigenvalue weighted by Gasteiger charge is -2.26. The van der Waals surface area contributed by atoms with Crippen molar-refractivity contribution in [3.8, 4) is 0 Å². The third-order valence-electron chi connectivity index (χ3n) is 5.59. The van der Waals surface area contributed by atoms with Crippen LogP contribution in [0.15, 0.2) is 54.6 Å². The smallest absolute Gasteiger partial charge is 0.325 e. The maximum atomic E-state index is 13.3. The van der Waals surface area contributed by atoms with Crippen molar-refractivity contribution in [2.24, 2.45) is 5.92 Å². The van der Waals surface area contributed by atoms with Crippen LogP contribution in [0.5, 0.6) is 0 Å². The predicted molar refractivity (Wildman–Crippen MR) is 115 cm³/mol. The summed E-state index contributed by atoms with van der Waals surface area (Å²) in [5.74, 6) is -1.01. The van der Waals surface area contributed by atoms with Crippen LogP contribution < -0.4 is 10.6 Å². The second-order valence-electron chi connectivity index (χ2n) is 8.25. The van der Waals surface area contributed by atoms with E-state index in [1.54, 1.807) is 6.92 Å². The molecule has 1 saturated heterocycles. The highest BCUT2D eigenvalue weighted by Crippen LogP contribution is 2.32. The second kappa shape index (κ2) is 9.29. The molecular formula is C24H28FN3O3. The van der Waals surface area contributed by atoms with E-state index in [1.165, 1.54) is 24.3 Å². The minimum atomic E-state index is -1.30. The highest BCUT2D eigenvalue weighted by Gasteiger charge is 2.51. The zero-order chi connectivity index (χ0) is 22.6. The molecule has 0 saturated carbocycles. The van der Waals surface area contributed by atoms with Gasteiger partial charge >= 0.3 is 6.03 Å². The number of carbonyl (C=O) groups is 3. The summed E-state index contributed by atoms with van der Waals surface area (Å²) in [7, 11) is 0. The lowest BCUT2D eigenvalue weighted by molar-refractivity contribution is -0.135. The Balaban J connectivity index is 1.76. The second-order valence-corrected chi connectivity index (χ2v) is 8.25. The van der Waals surface area contributed by atoms with Crippen molar-refractivity contribution in [1.29, 1.82) is 0 Å². The SMILES string of the molecule is CC[C@@]1(c2ccc(F)cc2)NC(=O)N(CC(=O)N[C@H](CC(C)C)c2ccccc2)C1=O. The maximum absolute atomic E-state index is 13.3. The number of imide groups is 1. The highest BCUT2D eigenvalue weighted by molar-refractivity contribution is 6.09. The summed E-state index contributed by atoms with van der Waals surface area (Å²) in [4.78, 5) is 39.5. The summed E-state index contributed by atoms with van der Waals surface area (Å²) in [6, 6.07) is 14.2. The summed E-state index contributed by atoms with van der Waals surface area (Å²) in [5, 5.41) is 5.67. The Morgan fingerprint density at radius 2 is 1.74 bits per heavy atom. The third kappa shape index (κ3) is 4.76. The van der Waals surface area contributed by atoms with Crippen molar-refractivity contribution >= 4 is 17.8 Å². The Labute approximate surface area is 181 Å². The average molecular weight is 426 g/mol. The summed E-state index contributed by atoms with van der Waals surface area (Å²) in [6.45, 7) is 5.52. The van der Waals surface area contributed by atoms with Crippen molar-refractivity contribution in [1.82, 2.24) is 15.5 Å². The molecule has 0 aliphatic carbocycles. The number of halogens is 1. The first-order valence-corrected chi connectivity index (χ1v) is 10.5. The minimum Gasteiger partial charge on any atom is -0.348 e. The molecule has 3 rings (SSSR count). The van der Waals surface area contributed by atoms with Crippen molar-refractivity contribution in [3.05, 3.63) is 71.5 Å². The van der Waals surface area contributed by atoms with E-state index in [2.05, 4.69) is 24.5 Å². The third-order valence-corrected chi connectivity index (χ3v) is 5.59. The fraction of sp³-hybridized carbons (Fsp3) is 0.375. The number of hydrogen-bond acceptors (Lipinski definition) is 3. The Kier molecular flexibility index (Phi) is 6.73. The van der Waals surface area contributed by atoms with E-state index in [0.29, 0.717) is 11.5 Å². The van der Waals surface area contributed by atoms with Gasteiger partial charge in [-0.2, -0.15) is 0 Å². The molecule has 1 aliphatic heterocycles. The van der Waals surface area contributed by atoms with Crippen LogP contribution in [0.4, 0.5) is 9.18 Å². The van der Waals surface area contributed by atoms with E-state index in [-0.39, 0.29) is 19.0 Å². The van der Waals surface area contributed by atoms with Crippen molar-refractivity contribution in [2.45, 2.75) is 45.2 Å². The van der Waals surface area contributed by atoms with Crippen molar-refractivity contribution in [2.75, 3.05) is 6.54 Å². The minimum absolute atomic E-state index is 0.220. The number of carbonyl (C=O) groups excluding carboxylic acids is 3. The standard InChI is InChI=1S/C24H28FN3O3/c1-4-24(18-10-12-19(25)13-11-18)22(30)28(23(31)27-24)15-21(29)26-20(14-16(2)3)17-8-6-5-7-9-17/h5-13,16,20H,4,14-15H2,1-3H3,(H,26,29)(H,27,31)/t20-,24+/m1/s1. The molecule has 2 aromatic carbocycles. The Morgan fingerprint density at radius 1 is 1.10 bits per heavy atom. The van der Waals surface area contributed by atoms with Gasteiger partial charge in [0.05, 0.1) is 6.04 Å². The average Bonchev–Trinajstić information content (AvgIpc) is 2.99. The normalized spacial score (nSPS) is 19.5. The highest BCUT2D eigenvalue weighted by atomic mass is 19.1. The largest absolute Gasteiger partial charge is 0.348 e. The first-order chi connectivity index (χ1) is 14.8. The van der Waals surface area contributed by atoms with Gasteiger partial charge in [-0.1, -0.05) is 63.2 Å². The number of amides is 4. The molecule has 6 nitrogen and oxygen atoms in total. The van der Waals surface area contributed by atoms with Crippen LogP contribution >= 0.6 is 0 Å². The van der Waals surface area contributed by atoms with Crippen LogP contribution in [0.3, 0.4) is 0 Å². The van der Waals surface area contributed by atoms with Crippen LogP contribution in [-0.4, -0.2) is 29.3 Å². The first-order valence-electron chi connectivity index (χ1n) is 10.5. The van der Waals surface area contributed by atoms with Crippen LogP contribution in [0.2, 0.25) is 0 Å². The van der Waals surface area contributed by atoms with Crippen LogP contribution in [0, 0.1) is 11.7 Å². The molecule has 0 radical (unpaired) electrons. The predicted octanol–water partition coefficient (Wildman–Crippen LogP) is 3.89. The molecule has 164 valence electrons. The topological polar surface area (TPSA) is 78.5 Å².